The minimum absolute atomic E-state index is 0.516. The monoisotopic (exact) mass is 277 g/mol. The maximum Gasteiger partial charge on any atom is 0.0837 e. The van der Waals surface area contributed by atoms with E-state index in [9.17, 15) is 5.11 Å². The van der Waals surface area contributed by atoms with Crippen molar-refractivity contribution < 1.29 is 5.11 Å². The average Bonchev–Trinajstić information content (AvgIpc) is 2.48. The molecule has 0 bridgehead atoms. The van der Waals surface area contributed by atoms with Crippen LogP contribution in [0.25, 0.3) is 10.9 Å². The predicted molar refractivity (Wildman–Crippen MR) is 86.3 cm³/mol. The van der Waals surface area contributed by atoms with Crippen molar-refractivity contribution >= 4 is 10.9 Å². The molecule has 1 heterocycles. The highest BCUT2D eigenvalue weighted by Gasteiger charge is 2.14. The molecule has 1 N–H and O–H groups in total. The summed E-state index contributed by atoms with van der Waals surface area (Å²) in [6, 6.07) is 18.2. The van der Waals surface area contributed by atoms with Crippen LogP contribution >= 0.6 is 0 Å². The standard InChI is InChI=1S/C19H19NO/c1-13-7-3-4-8-15(13)12-19(21)17-11-14(2)20-18-10-6-5-9-16(17)18/h3-11,19,21H,12H2,1-2H3. The summed E-state index contributed by atoms with van der Waals surface area (Å²) in [5, 5.41) is 11.7. The molecule has 0 aliphatic rings. The Morgan fingerprint density at radius 3 is 2.52 bits per heavy atom. The van der Waals surface area contributed by atoms with E-state index in [1.54, 1.807) is 0 Å². The number of benzene rings is 2. The molecule has 0 fully saturated rings. The van der Waals surface area contributed by atoms with Crippen molar-refractivity contribution in [2.75, 3.05) is 0 Å². The number of aliphatic hydroxyl groups excluding tert-OH is 1. The number of rotatable bonds is 3. The van der Waals surface area contributed by atoms with Gasteiger partial charge in [-0.05, 0) is 42.7 Å². The molecule has 0 saturated carbocycles. The number of hydrogen-bond donors (Lipinski definition) is 1. The first-order valence-electron chi connectivity index (χ1n) is 7.24. The number of aromatic nitrogens is 1. The van der Waals surface area contributed by atoms with Gasteiger partial charge >= 0.3 is 0 Å². The zero-order valence-electron chi connectivity index (χ0n) is 12.4. The lowest BCUT2D eigenvalue weighted by Gasteiger charge is -2.16. The first kappa shape index (κ1) is 13.8. The highest BCUT2D eigenvalue weighted by Crippen LogP contribution is 2.27. The smallest absolute Gasteiger partial charge is 0.0837 e. The summed E-state index contributed by atoms with van der Waals surface area (Å²) in [5.74, 6) is 0. The number of hydrogen-bond acceptors (Lipinski definition) is 2. The van der Waals surface area contributed by atoms with Crippen LogP contribution in [0.4, 0.5) is 0 Å². The lowest BCUT2D eigenvalue weighted by molar-refractivity contribution is 0.179. The van der Waals surface area contributed by atoms with Crippen molar-refractivity contribution in [1.82, 2.24) is 4.98 Å². The summed E-state index contributed by atoms with van der Waals surface area (Å²) in [6.45, 7) is 4.05. The molecule has 2 nitrogen and oxygen atoms in total. The molecule has 0 aliphatic heterocycles. The van der Waals surface area contributed by atoms with Crippen molar-refractivity contribution in [3.8, 4) is 0 Å². The summed E-state index contributed by atoms with van der Waals surface area (Å²) in [4.78, 5) is 4.53. The van der Waals surface area contributed by atoms with Crippen molar-refractivity contribution in [2.45, 2.75) is 26.4 Å². The minimum atomic E-state index is -0.516. The first-order chi connectivity index (χ1) is 10.1. The summed E-state index contributed by atoms with van der Waals surface area (Å²) in [6.07, 6.45) is 0.109. The van der Waals surface area contributed by atoms with Gasteiger partial charge in [0.05, 0.1) is 11.6 Å². The number of fused-ring (bicyclic) bond motifs is 1. The van der Waals surface area contributed by atoms with E-state index in [0.29, 0.717) is 6.42 Å². The van der Waals surface area contributed by atoms with Crippen LogP contribution in [0.3, 0.4) is 0 Å². The summed E-state index contributed by atoms with van der Waals surface area (Å²) < 4.78 is 0. The quantitative estimate of drug-likeness (QED) is 0.781. The Labute approximate surface area is 125 Å². The molecule has 2 heteroatoms. The fourth-order valence-corrected chi connectivity index (χ4v) is 2.77. The largest absolute Gasteiger partial charge is 0.388 e. The lowest BCUT2D eigenvalue weighted by atomic mass is 9.95. The highest BCUT2D eigenvalue weighted by molar-refractivity contribution is 5.82. The van der Waals surface area contributed by atoms with Crippen LogP contribution in [0.2, 0.25) is 0 Å². The van der Waals surface area contributed by atoms with Gasteiger partial charge in [0.2, 0.25) is 0 Å². The molecular formula is C19H19NO. The molecule has 1 atom stereocenters. The summed E-state index contributed by atoms with van der Waals surface area (Å²) in [5.41, 5.74) is 5.24. The van der Waals surface area contributed by atoms with E-state index < -0.39 is 6.10 Å². The molecule has 3 aromatic rings. The number of pyridine rings is 1. The van der Waals surface area contributed by atoms with Crippen LogP contribution in [-0.4, -0.2) is 10.1 Å². The molecule has 21 heavy (non-hydrogen) atoms. The van der Waals surface area contributed by atoms with Crippen LogP contribution in [0.5, 0.6) is 0 Å². The number of aliphatic hydroxyl groups is 1. The van der Waals surface area contributed by atoms with E-state index in [1.165, 1.54) is 11.1 Å². The van der Waals surface area contributed by atoms with E-state index in [2.05, 4.69) is 24.0 Å². The van der Waals surface area contributed by atoms with Gasteiger partial charge in [-0.3, -0.25) is 4.98 Å². The molecule has 1 unspecified atom stereocenters. The third-order valence-electron chi connectivity index (χ3n) is 3.91. The molecule has 0 radical (unpaired) electrons. The van der Waals surface area contributed by atoms with Crippen molar-refractivity contribution in [3.63, 3.8) is 0 Å². The van der Waals surface area contributed by atoms with Crippen molar-refractivity contribution in [3.05, 3.63) is 77.0 Å². The van der Waals surface area contributed by atoms with Crippen LogP contribution < -0.4 is 0 Å². The van der Waals surface area contributed by atoms with E-state index in [-0.39, 0.29) is 0 Å². The van der Waals surface area contributed by atoms with E-state index in [4.69, 9.17) is 0 Å². The van der Waals surface area contributed by atoms with Gasteiger partial charge in [0, 0.05) is 17.5 Å². The second kappa shape index (κ2) is 5.66. The summed E-state index contributed by atoms with van der Waals surface area (Å²) >= 11 is 0. The summed E-state index contributed by atoms with van der Waals surface area (Å²) in [7, 11) is 0. The van der Waals surface area contributed by atoms with Crippen molar-refractivity contribution in [1.29, 1.82) is 0 Å². The number of para-hydroxylation sites is 1. The zero-order valence-corrected chi connectivity index (χ0v) is 12.4. The Balaban J connectivity index is 2.02. The van der Waals surface area contributed by atoms with Crippen LogP contribution in [0.1, 0.15) is 28.5 Å². The topological polar surface area (TPSA) is 33.1 Å². The van der Waals surface area contributed by atoms with E-state index in [0.717, 1.165) is 22.2 Å². The Hall–Kier alpha value is -2.19. The zero-order chi connectivity index (χ0) is 14.8. The highest BCUT2D eigenvalue weighted by atomic mass is 16.3. The normalized spacial score (nSPS) is 12.5. The molecule has 1 aromatic heterocycles. The van der Waals surface area contributed by atoms with E-state index in [1.807, 2.05) is 49.4 Å². The lowest BCUT2D eigenvalue weighted by Crippen LogP contribution is -2.05. The van der Waals surface area contributed by atoms with E-state index >= 15 is 0 Å². The molecule has 0 aliphatic carbocycles. The fraction of sp³-hybridized carbons (Fsp3) is 0.211. The van der Waals surface area contributed by atoms with Gasteiger partial charge in [0.25, 0.3) is 0 Å². The second-order valence-electron chi connectivity index (χ2n) is 5.52. The van der Waals surface area contributed by atoms with Crippen LogP contribution in [-0.2, 0) is 6.42 Å². The second-order valence-corrected chi connectivity index (χ2v) is 5.52. The van der Waals surface area contributed by atoms with Gasteiger partial charge < -0.3 is 5.11 Å². The van der Waals surface area contributed by atoms with Gasteiger partial charge in [-0.15, -0.1) is 0 Å². The molecule has 106 valence electrons. The van der Waals surface area contributed by atoms with Gasteiger partial charge in [0.1, 0.15) is 0 Å². The molecule has 0 amide bonds. The first-order valence-corrected chi connectivity index (χ1v) is 7.24. The molecular weight excluding hydrogens is 258 g/mol. The Bertz CT molecular complexity index is 779. The molecule has 2 aromatic carbocycles. The Kier molecular flexibility index (Phi) is 3.72. The fourth-order valence-electron chi connectivity index (χ4n) is 2.77. The van der Waals surface area contributed by atoms with Gasteiger partial charge in [0.15, 0.2) is 0 Å². The number of nitrogens with zero attached hydrogens (tertiary/aromatic N) is 1. The third-order valence-corrected chi connectivity index (χ3v) is 3.91. The maximum absolute atomic E-state index is 10.7. The predicted octanol–water partition coefficient (Wildman–Crippen LogP) is 4.13. The molecule has 0 spiro atoms. The SMILES string of the molecule is Cc1cc(C(O)Cc2ccccc2C)c2ccccc2n1. The van der Waals surface area contributed by atoms with Gasteiger partial charge in [-0.1, -0.05) is 42.5 Å². The maximum atomic E-state index is 10.7. The number of aryl methyl sites for hydroxylation is 2. The van der Waals surface area contributed by atoms with Gasteiger partial charge in [-0.2, -0.15) is 0 Å². The molecule has 3 rings (SSSR count). The third kappa shape index (κ3) is 2.81. The molecule has 0 saturated heterocycles. The Morgan fingerprint density at radius 1 is 1.00 bits per heavy atom. The van der Waals surface area contributed by atoms with Crippen LogP contribution in [0, 0.1) is 13.8 Å². The Morgan fingerprint density at radius 2 is 1.71 bits per heavy atom. The minimum Gasteiger partial charge on any atom is -0.388 e. The average molecular weight is 277 g/mol. The van der Waals surface area contributed by atoms with Crippen molar-refractivity contribution in [2.24, 2.45) is 0 Å². The van der Waals surface area contributed by atoms with Crippen LogP contribution in [0.15, 0.2) is 54.6 Å². The van der Waals surface area contributed by atoms with Gasteiger partial charge in [-0.25, -0.2) is 0 Å².